The number of aryl methyl sites for hydroxylation is 2. The highest BCUT2D eigenvalue weighted by atomic mass is 32.2. The van der Waals surface area contributed by atoms with E-state index in [1.807, 2.05) is 49.1 Å². The smallest absolute Gasteiger partial charge is 0.243 e. The molecule has 4 rings (SSSR count). The molecule has 0 radical (unpaired) electrons. The van der Waals surface area contributed by atoms with Gasteiger partial charge in [-0.15, -0.1) is 0 Å². The van der Waals surface area contributed by atoms with Crippen molar-refractivity contribution in [1.29, 1.82) is 0 Å². The van der Waals surface area contributed by atoms with Crippen LogP contribution in [-0.2, 0) is 14.8 Å². The lowest BCUT2D eigenvalue weighted by Crippen LogP contribution is -2.44. The van der Waals surface area contributed by atoms with Crippen molar-refractivity contribution in [3.8, 4) is 5.75 Å². The van der Waals surface area contributed by atoms with Crippen LogP contribution in [0.5, 0.6) is 5.75 Å². The predicted octanol–water partition coefficient (Wildman–Crippen LogP) is 4.08. The van der Waals surface area contributed by atoms with Gasteiger partial charge in [0.2, 0.25) is 15.9 Å². The van der Waals surface area contributed by atoms with Gasteiger partial charge in [-0.2, -0.15) is 4.31 Å². The number of piperidine rings is 1. The number of hydrogen-bond donors (Lipinski definition) is 0. The number of carbonyl (C=O) groups is 1. The Morgan fingerprint density at radius 2 is 1.62 bits per heavy atom. The predicted molar refractivity (Wildman–Crippen MR) is 124 cm³/mol. The standard InChI is InChI=1S/C25H32N2O4S/c1-18-6-11-23(17-19(18)2)32(29,30)26-15-12-21(13-16-26)25(28)27-14-4-5-24(27)20-7-9-22(31-3)10-8-20/h6-11,17,21,24H,4-5,12-16H2,1-3H3/t24-/m0/s1. The number of methoxy groups -OCH3 is 1. The van der Waals surface area contributed by atoms with Gasteiger partial charge in [-0.3, -0.25) is 4.79 Å². The Morgan fingerprint density at radius 3 is 2.25 bits per heavy atom. The lowest BCUT2D eigenvalue weighted by Gasteiger charge is -2.34. The monoisotopic (exact) mass is 456 g/mol. The molecule has 32 heavy (non-hydrogen) atoms. The summed E-state index contributed by atoms with van der Waals surface area (Å²) in [7, 11) is -1.89. The molecule has 1 atom stereocenters. The molecule has 2 fully saturated rings. The first-order valence-corrected chi connectivity index (χ1v) is 12.8. The van der Waals surface area contributed by atoms with Crippen LogP contribution in [0.1, 0.15) is 48.4 Å². The minimum Gasteiger partial charge on any atom is -0.497 e. The Bertz CT molecular complexity index is 1070. The quantitative estimate of drug-likeness (QED) is 0.680. The molecule has 2 aromatic carbocycles. The van der Waals surface area contributed by atoms with E-state index in [-0.39, 0.29) is 17.9 Å². The second-order valence-electron chi connectivity index (χ2n) is 8.89. The van der Waals surface area contributed by atoms with Crippen molar-refractivity contribution >= 4 is 15.9 Å². The van der Waals surface area contributed by atoms with Crippen LogP contribution in [0.4, 0.5) is 0 Å². The third-order valence-electron chi connectivity index (χ3n) is 6.96. The van der Waals surface area contributed by atoms with Gasteiger partial charge in [0.15, 0.2) is 0 Å². The third-order valence-corrected chi connectivity index (χ3v) is 8.85. The molecule has 0 aromatic heterocycles. The normalized spacial score (nSPS) is 20.5. The second-order valence-corrected chi connectivity index (χ2v) is 10.8. The van der Waals surface area contributed by atoms with Crippen molar-refractivity contribution in [1.82, 2.24) is 9.21 Å². The zero-order valence-corrected chi connectivity index (χ0v) is 19.9. The fraction of sp³-hybridized carbons (Fsp3) is 0.480. The first-order valence-electron chi connectivity index (χ1n) is 11.3. The van der Waals surface area contributed by atoms with Crippen LogP contribution in [0.25, 0.3) is 0 Å². The van der Waals surface area contributed by atoms with E-state index in [1.165, 1.54) is 4.31 Å². The van der Waals surface area contributed by atoms with Crippen LogP contribution in [0, 0.1) is 19.8 Å². The van der Waals surface area contributed by atoms with Crippen molar-refractivity contribution in [2.45, 2.75) is 50.5 Å². The topological polar surface area (TPSA) is 66.9 Å². The Labute approximate surface area is 191 Å². The average Bonchev–Trinajstić information content (AvgIpc) is 3.30. The van der Waals surface area contributed by atoms with Gasteiger partial charge < -0.3 is 9.64 Å². The number of carbonyl (C=O) groups excluding carboxylic acids is 1. The summed E-state index contributed by atoms with van der Waals surface area (Å²) in [6.45, 7) is 5.42. The summed E-state index contributed by atoms with van der Waals surface area (Å²) in [6, 6.07) is 13.3. The molecule has 172 valence electrons. The highest BCUT2D eigenvalue weighted by Crippen LogP contribution is 2.36. The van der Waals surface area contributed by atoms with E-state index < -0.39 is 10.0 Å². The molecule has 2 aliphatic heterocycles. The molecule has 0 bridgehead atoms. The highest BCUT2D eigenvalue weighted by molar-refractivity contribution is 7.89. The molecule has 2 saturated heterocycles. The van der Waals surface area contributed by atoms with Gasteiger partial charge in [0.25, 0.3) is 0 Å². The van der Waals surface area contributed by atoms with Crippen LogP contribution >= 0.6 is 0 Å². The van der Waals surface area contributed by atoms with Crippen molar-refractivity contribution in [2.75, 3.05) is 26.7 Å². The molecular weight excluding hydrogens is 424 g/mol. The Kier molecular flexibility index (Phi) is 6.58. The number of hydrogen-bond acceptors (Lipinski definition) is 4. The van der Waals surface area contributed by atoms with Crippen molar-refractivity contribution in [2.24, 2.45) is 5.92 Å². The molecule has 2 aliphatic rings. The Hall–Kier alpha value is -2.38. The lowest BCUT2D eigenvalue weighted by molar-refractivity contribution is -0.137. The summed E-state index contributed by atoms with van der Waals surface area (Å²) >= 11 is 0. The molecule has 1 amide bonds. The number of likely N-dealkylation sites (tertiary alicyclic amines) is 1. The summed E-state index contributed by atoms with van der Waals surface area (Å²) in [6.07, 6.45) is 3.07. The van der Waals surface area contributed by atoms with E-state index >= 15 is 0 Å². The van der Waals surface area contributed by atoms with Gasteiger partial charge in [-0.1, -0.05) is 18.2 Å². The minimum absolute atomic E-state index is 0.0886. The van der Waals surface area contributed by atoms with Crippen molar-refractivity contribution in [3.63, 3.8) is 0 Å². The Balaban J connectivity index is 1.42. The lowest BCUT2D eigenvalue weighted by atomic mass is 9.95. The molecule has 0 saturated carbocycles. The summed E-state index contributed by atoms with van der Waals surface area (Å²) in [4.78, 5) is 15.7. The first kappa shape index (κ1) is 22.8. The largest absolute Gasteiger partial charge is 0.497 e. The van der Waals surface area contributed by atoms with E-state index in [0.717, 1.165) is 41.8 Å². The number of nitrogens with zero attached hydrogens (tertiary/aromatic N) is 2. The molecule has 6 nitrogen and oxygen atoms in total. The molecule has 0 aliphatic carbocycles. The van der Waals surface area contributed by atoms with Gasteiger partial charge in [0.05, 0.1) is 18.0 Å². The fourth-order valence-electron chi connectivity index (χ4n) is 4.80. The highest BCUT2D eigenvalue weighted by Gasteiger charge is 2.37. The van der Waals surface area contributed by atoms with E-state index in [4.69, 9.17) is 4.74 Å². The van der Waals surface area contributed by atoms with Crippen LogP contribution in [0.15, 0.2) is 47.4 Å². The maximum Gasteiger partial charge on any atom is 0.243 e. The SMILES string of the molecule is COc1ccc([C@@H]2CCCN2C(=O)C2CCN(S(=O)(=O)c3ccc(C)c(C)c3)CC2)cc1. The molecule has 0 spiro atoms. The number of ether oxygens (including phenoxy) is 1. The molecular formula is C25H32N2O4S. The average molecular weight is 457 g/mol. The zero-order valence-electron chi connectivity index (χ0n) is 19.1. The van der Waals surface area contributed by atoms with Gasteiger partial charge in [0.1, 0.15) is 5.75 Å². The van der Waals surface area contributed by atoms with Gasteiger partial charge in [0, 0.05) is 25.6 Å². The van der Waals surface area contributed by atoms with Crippen LogP contribution < -0.4 is 4.74 Å². The molecule has 7 heteroatoms. The molecule has 0 unspecified atom stereocenters. The third kappa shape index (κ3) is 4.41. The Morgan fingerprint density at radius 1 is 0.938 bits per heavy atom. The van der Waals surface area contributed by atoms with E-state index in [1.54, 1.807) is 19.2 Å². The first-order chi connectivity index (χ1) is 15.3. The number of sulfonamides is 1. The maximum atomic E-state index is 13.3. The summed E-state index contributed by atoms with van der Waals surface area (Å²) in [5, 5.41) is 0. The number of rotatable bonds is 5. The van der Waals surface area contributed by atoms with Crippen molar-refractivity contribution < 1.29 is 17.9 Å². The summed E-state index contributed by atoms with van der Waals surface area (Å²) < 4.78 is 33.0. The number of benzene rings is 2. The van der Waals surface area contributed by atoms with E-state index in [0.29, 0.717) is 30.8 Å². The maximum absolute atomic E-state index is 13.3. The van der Waals surface area contributed by atoms with Crippen LogP contribution in [0.2, 0.25) is 0 Å². The van der Waals surface area contributed by atoms with Gasteiger partial charge in [-0.25, -0.2) is 8.42 Å². The van der Waals surface area contributed by atoms with Gasteiger partial charge >= 0.3 is 0 Å². The molecule has 2 heterocycles. The van der Waals surface area contributed by atoms with Crippen LogP contribution in [-0.4, -0.2) is 50.3 Å². The number of amides is 1. The second kappa shape index (κ2) is 9.24. The zero-order chi connectivity index (χ0) is 22.9. The van der Waals surface area contributed by atoms with E-state index in [2.05, 4.69) is 0 Å². The summed E-state index contributed by atoms with van der Waals surface area (Å²) in [5.41, 5.74) is 3.17. The molecule has 0 N–H and O–H groups in total. The molecule has 2 aromatic rings. The summed E-state index contributed by atoms with van der Waals surface area (Å²) in [5.74, 6) is 0.841. The van der Waals surface area contributed by atoms with Crippen molar-refractivity contribution in [3.05, 3.63) is 59.2 Å². The van der Waals surface area contributed by atoms with E-state index in [9.17, 15) is 13.2 Å². The van der Waals surface area contributed by atoms with Gasteiger partial charge in [-0.05, 0) is 80.5 Å². The fourth-order valence-corrected chi connectivity index (χ4v) is 6.36. The minimum atomic E-state index is -3.53. The van der Waals surface area contributed by atoms with Crippen LogP contribution in [0.3, 0.4) is 0 Å².